The van der Waals surface area contributed by atoms with Gasteiger partial charge < -0.3 is 14.5 Å². The summed E-state index contributed by atoms with van der Waals surface area (Å²) in [7, 11) is 1.58. The molecule has 0 fully saturated rings. The van der Waals surface area contributed by atoms with E-state index >= 15 is 0 Å². The number of aryl methyl sites for hydroxylation is 1. The number of hydrogen-bond acceptors (Lipinski definition) is 4. The summed E-state index contributed by atoms with van der Waals surface area (Å²) >= 11 is 3.57. The number of nitrogens with one attached hydrogen (secondary N) is 1. The van der Waals surface area contributed by atoms with E-state index in [0.29, 0.717) is 34.8 Å². The van der Waals surface area contributed by atoms with Crippen molar-refractivity contribution in [3.8, 4) is 22.9 Å². The fourth-order valence-corrected chi connectivity index (χ4v) is 3.73. The SMILES string of the molecule is COc1cc(-c2nc3ccccc3c(=O)[nH]2)cc(Br)c1OCc1cccc(C)c1. The summed E-state index contributed by atoms with van der Waals surface area (Å²) in [5.74, 6) is 1.62. The lowest BCUT2D eigenvalue weighted by Crippen LogP contribution is -2.09. The van der Waals surface area contributed by atoms with Gasteiger partial charge in [0.05, 0.1) is 22.5 Å². The summed E-state index contributed by atoms with van der Waals surface area (Å²) in [4.78, 5) is 19.8. The number of aromatic nitrogens is 2. The predicted octanol–water partition coefficient (Wildman–Crippen LogP) is 5.25. The maximum Gasteiger partial charge on any atom is 0.259 e. The molecule has 0 saturated heterocycles. The summed E-state index contributed by atoms with van der Waals surface area (Å²) in [5.41, 5.74) is 3.43. The number of hydrogen-bond donors (Lipinski definition) is 1. The highest BCUT2D eigenvalue weighted by molar-refractivity contribution is 9.10. The molecule has 0 radical (unpaired) electrons. The smallest absolute Gasteiger partial charge is 0.259 e. The third-order valence-corrected chi connectivity index (χ3v) is 5.17. The standard InChI is InChI=1S/C23H19BrN2O3/c1-14-6-5-7-15(10-14)13-29-21-18(24)11-16(12-20(21)28-2)22-25-19-9-4-3-8-17(19)23(27)26-22/h3-12H,13H2,1-2H3,(H,25,26,27). The Kier molecular flexibility index (Phi) is 5.36. The molecule has 3 aromatic carbocycles. The van der Waals surface area contributed by atoms with Crippen LogP contribution < -0.4 is 15.0 Å². The molecule has 0 atom stereocenters. The molecule has 0 unspecified atom stereocenters. The highest BCUT2D eigenvalue weighted by atomic mass is 79.9. The van der Waals surface area contributed by atoms with E-state index in [1.54, 1.807) is 13.2 Å². The van der Waals surface area contributed by atoms with Crippen LogP contribution in [0.3, 0.4) is 0 Å². The molecule has 6 heteroatoms. The van der Waals surface area contributed by atoms with E-state index in [2.05, 4.69) is 32.0 Å². The minimum absolute atomic E-state index is 0.180. The van der Waals surface area contributed by atoms with Crippen LogP contribution in [0.2, 0.25) is 0 Å². The van der Waals surface area contributed by atoms with Crippen molar-refractivity contribution in [2.75, 3.05) is 7.11 Å². The Morgan fingerprint density at radius 3 is 2.69 bits per heavy atom. The molecule has 4 aromatic rings. The van der Waals surface area contributed by atoms with Crippen LogP contribution in [0, 0.1) is 6.92 Å². The van der Waals surface area contributed by atoms with Gasteiger partial charge in [-0.05, 0) is 52.7 Å². The average Bonchev–Trinajstić information content (AvgIpc) is 2.72. The van der Waals surface area contributed by atoms with Crippen molar-refractivity contribution >= 4 is 26.8 Å². The minimum atomic E-state index is -0.180. The van der Waals surface area contributed by atoms with Gasteiger partial charge in [0.2, 0.25) is 0 Å². The van der Waals surface area contributed by atoms with Gasteiger partial charge in [-0.1, -0.05) is 42.0 Å². The third-order valence-electron chi connectivity index (χ3n) is 4.58. The molecule has 0 bridgehead atoms. The summed E-state index contributed by atoms with van der Waals surface area (Å²) in [5, 5.41) is 0.556. The second-order valence-electron chi connectivity index (χ2n) is 6.70. The van der Waals surface area contributed by atoms with Gasteiger partial charge in [-0.25, -0.2) is 4.98 Å². The quantitative estimate of drug-likeness (QED) is 0.450. The van der Waals surface area contributed by atoms with E-state index in [1.807, 2.05) is 55.5 Å². The fourth-order valence-electron chi connectivity index (χ4n) is 3.18. The van der Waals surface area contributed by atoms with Crippen LogP contribution in [0.4, 0.5) is 0 Å². The Hall–Kier alpha value is -3.12. The first-order valence-corrected chi connectivity index (χ1v) is 9.90. The number of benzene rings is 3. The molecule has 0 aliphatic carbocycles. The van der Waals surface area contributed by atoms with E-state index in [-0.39, 0.29) is 5.56 Å². The summed E-state index contributed by atoms with van der Waals surface area (Å²) < 4.78 is 12.3. The first-order chi connectivity index (χ1) is 14.0. The van der Waals surface area contributed by atoms with Gasteiger partial charge in [0, 0.05) is 5.56 Å². The molecule has 29 heavy (non-hydrogen) atoms. The van der Waals surface area contributed by atoms with Crippen LogP contribution in [-0.4, -0.2) is 17.1 Å². The summed E-state index contributed by atoms with van der Waals surface area (Å²) in [6.45, 7) is 2.47. The Bertz CT molecular complexity index is 1250. The lowest BCUT2D eigenvalue weighted by atomic mass is 10.1. The third kappa shape index (κ3) is 4.03. The molecule has 0 saturated carbocycles. The fraction of sp³-hybridized carbons (Fsp3) is 0.130. The molecule has 5 nitrogen and oxygen atoms in total. The van der Waals surface area contributed by atoms with Gasteiger partial charge in [-0.15, -0.1) is 0 Å². The average molecular weight is 451 g/mol. The lowest BCUT2D eigenvalue weighted by Gasteiger charge is -2.15. The number of para-hydroxylation sites is 1. The molecular weight excluding hydrogens is 432 g/mol. The Balaban J connectivity index is 1.70. The van der Waals surface area contributed by atoms with E-state index in [4.69, 9.17) is 9.47 Å². The van der Waals surface area contributed by atoms with Gasteiger partial charge in [-0.2, -0.15) is 0 Å². The van der Waals surface area contributed by atoms with Gasteiger partial charge in [0.25, 0.3) is 5.56 Å². The van der Waals surface area contributed by atoms with Crippen molar-refractivity contribution in [2.24, 2.45) is 0 Å². The molecule has 0 spiro atoms. The van der Waals surface area contributed by atoms with Crippen molar-refractivity contribution in [1.82, 2.24) is 9.97 Å². The van der Waals surface area contributed by atoms with Crippen LogP contribution in [0.25, 0.3) is 22.3 Å². The highest BCUT2D eigenvalue weighted by Crippen LogP contribution is 2.39. The van der Waals surface area contributed by atoms with E-state index in [0.717, 1.165) is 15.6 Å². The largest absolute Gasteiger partial charge is 0.493 e. The summed E-state index contributed by atoms with van der Waals surface area (Å²) in [6, 6.07) is 19.1. The second kappa shape index (κ2) is 8.09. The molecule has 1 heterocycles. The first-order valence-electron chi connectivity index (χ1n) is 9.10. The number of fused-ring (bicyclic) bond motifs is 1. The van der Waals surface area contributed by atoms with Crippen molar-refractivity contribution in [3.63, 3.8) is 0 Å². The second-order valence-corrected chi connectivity index (χ2v) is 7.55. The number of methoxy groups -OCH3 is 1. The van der Waals surface area contributed by atoms with E-state index < -0.39 is 0 Å². The molecular formula is C23H19BrN2O3. The predicted molar refractivity (Wildman–Crippen MR) is 118 cm³/mol. The van der Waals surface area contributed by atoms with Gasteiger partial charge in [0.1, 0.15) is 12.4 Å². The molecule has 146 valence electrons. The first kappa shape index (κ1) is 19.2. The monoisotopic (exact) mass is 450 g/mol. The Morgan fingerprint density at radius 2 is 1.90 bits per heavy atom. The minimum Gasteiger partial charge on any atom is -0.493 e. The molecule has 0 aliphatic heterocycles. The maximum absolute atomic E-state index is 12.4. The molecule has 0 amide bonds. The number of aromatic amines is 1. The normalized spacial score (nSPS) is 10.9. The van der Waals surface area contributed by atoms with Crippen molar-refractivity contribution < 1.29 is 9.47 Å². The van der Waals surface area contributed by atoms with Crippen molar-refractivity contribution in [2.45, 2.75) is 13.5 Å². The molecule has 1 N–H and O–H groups in total. The number of ether oxygens (including phenoxy) is 2. The Labute approximate surface area is 176 Å². The molecule has 4 rings (SSSR count). The number of H-pyrrole nitrogens is 1. The van der Waals surface area contributed by atoms with Gasteiger partial charge in [-0.3, -0.25) is 4.79 Å². The topological polar surface area (TPSA) is 64.2 Å². The maximum atomic E-state index is 12.4. The Morgan fingerprint density at radius 1 is 1.07 bits per heavy atom. The molecule has 1 aromatic heterocycles. The molecule has 0 aliphatic rings. The highest BCUT2D eigenvalue weighted by Gasteiger charge is 2.15. The number of nitrogens with zero attached hydrogens (tertiary/aromatic N) is 1. The number of rotatable bonds is 5. The van der Waals surface area contributed by atoms with Crippen LogP contribution in [0.15, 0.2) is 69.9 Å². The van der Waals surface area contributed by atoms with Gasteiger partial charge in [0.15, 0.2) is 11.5 Å². The zero-order chi connectivity index (χ0) is 20.4. The van der Waals surface area contributed by atoms with Crippen molar-refractivity contribution in [1.29, 1.82) is 0 Å². The van der Waals surface area contributed by atoms with Gasteiger partial charge >= 0.3 is 0 Å². The van der Waals surface area contributed by atoms with E-state index in [1.165, 1.54) is 5.56 Å². The van der Waals surface area contributed by atoms with Crippen molar-refractivity contribution in [3.05, 3.63) is 86.6 Å². The lowest BCUT2D eigenvalue weighted by molar-refractivity contribution is 0.282. The zero-order valence-corrected chi connectivity index (χ0v) is 17.6. The van der Waals surface area contributed by atoms with Crippen LogP contribution >= 0.6 is 15.9 Å². The van der Waals surface area contributed by atoms with E-state index in [9.17, 15) is 4.79 Å². The van der Waals surface area contributed by atoms with Crippen LogP contribution in [0.5, 0.6) is 11.5 Å². The van der Waals surface area contributed by atoms with Crippen LogP contribution in [0.1, 0.15) is 11.1 Å². The summed E-state index contributed by atoms with van der Waals surface area (Å²) in [6.07, 6.45) is 0. The zero-order valence-electron chi connectivity index (χ0n) is 16.0. The van der Waals surface area contributed by atoms with Crippen LogP contribution in [-0.2, 0) is 6.61 Å². The number of halogens is 1.